The molecule has 1 aromatic carbocycles. The summed E-state index contributed by atoms with van der Waals surface area (Å²) in [5, 5.41) is 13.7. The van der Waals surface area contributed by atoms with Gasteiger partial charge in [0, 0.05) is 17.7 Å². The third kappa shape index (κ3) is 3.92. The van der Waals surface area contributed by atoms with Crippen molar-refractivity contribution in [3.8, 4) is 0 Å². The molecule has 0 aliphatic carbocycles. The van der Waals surface area contributed by atoms with Crippen LogP contribution in [0.25, 0.3) is 0 Å². The van der Waals surface area contributed by atoms with Crippen LogP contribution in [-0.2, 0) is 0 Å². The Morgan fingerprint density at radius 3 is 2.58 bits per heavy atom. The molecule has 1 unspecified atom stereocenters. The monoisotopic (exact) mass is 284 g/mol. The number of nitro benzene ring substituents is 1. The summed E-state index contributed by atoms with van der Waals surface area (Å²) in [6.07, 6.45) is 0.805. The maximum Gasteiger partial charge on any atom is 0.288 e. The van der Waals surface area contributed by atoms with Gasteiger partial charge < -0.3 is 5.32 Å². The second kappa shape index (κ2) is 6.52. The van der Waals surface area contributed by atoms with Crippen LogP contribution < -0.4 is 5.32 Å². The molecule has 1 rings (SSSR count). The van der Waals surface area contributed by atoms with Crippen molar-refractivity contribution < 1.29 is 9.72 Å². The molecular weight excluding hydrogens is 268 g/mol. The van der Waals surface area contributed by atoms with Gasteiger partial charge in [-0.25, -0.2) is 0 Å². The van der Waals surface area contributed by atoms with Crippen LogP contribution >= 0.6 is 11.6 Å². The van der Waals surface area contributed by atoms with Gasteiger partial charge in [-0.1, -0.05) is 32.4 Å². The normalized spacial score (nSPS) is 12.3. The van der Waals surface area contributed by atoms with Gasteiger partial charge in [-0.2, -0.15) is 0 Å². The lowest BCUT2D eigenvalue weighted by Gasteiger charge is -2.20. The van der Waals surface area contributed by atoms with E-state index in [2.05, 4.69) is 5.32 Å². The standard InChI is InChI=1S/C13H17ClN2O3/c1-4-11(8(2)3)15-13(17)9-5-6-10(14)12(7-9)16(18)19/h5-8,11H,4H2,1-3H3,(H,15,17). The lowest BCUT2D eigenvalue weighted by molar-refractivity contribution is -0.384. The number of benzene rings is 1. The van der Waals surface area contributed by atoms with Gasteiger partial charge in [-0.3, -0.25) is 14.9 Å². The molecule has 0 heterocycles. The summed E-state index contributed by atoms with van der Waals surface area (Å²) in [4.78, 5) is 22.2. The van der Waals surface area contributed by atoms with Crippen molar-refractivity contribution in [1.29, 1.82) is 0 Å². The number of carbonyl (C=O) groups is 1. The average molecular weight is 285 g/mol. The summed E-state index contributed by atoms with van der Waals surface area (Å²) in [5.74, 6) is -0.0171. The van der Waals surface area contributed by atoms with E-state index < -0.39 is 4.92 Å². The van der Waals surface area contributed by atoms with Gasteiger partial charge in [0.15, 0.2) is 0 Å². The molecule has 104 valence electrons. The van der Waals surface area contributed by atoms with Crippen LogP contribution in [0.3, 0.4) is 0 Å². The van der Waals surface area contributed by atoms with E-state index in [1.165, 1.54) is 18.2 Å². The van der Waals surface area contributed by atoms with Crippen LogP contribution in [0.2, 0.25) is 5.02 Å². The highest BCUT2D eigenvalue weighted by Crippen LogP contribution is 2.25. The smallest absolute Gasteiger partial charge is 0.288 e. The van der Waals surface area contributed by atoms with Gasteiger partial charge in [0.1, 0.15) is 5.02 Å². The zero-order valence-corrected chi connectivity index (χ0v) is 11.9. The summed E-state index contributed by atoms with van der Waals surface area (Å²) in [7, 11) is 0. The zero-order chi connectivity index (χ0) is 14.6. The molecule has 0 aromatic heterocycles. The number of nitrogens with zero attached hydrogens (tertiary/aromatic N) is 1. The van der Waals surface area contributed by atoms with E-state index in [0.29, 0.717) is 5.92 Å². The van der Waals surface area contributed by atoms with E-state index in [1.807, 2.05) is 20.8 Å². The van der Waals surface area contributed by atoms with Gasteiger partial charge in [0.05, 0.1) is 4.92 Å². The molecule has 0 saturated heterocycles. The summed E-state index contributed by atoms with van der Waals surface area (Å²) >= 11 is 5.71. The van der Waals surface area contributed by atoms with E-state index >= 15 is 0 Å². The summed E-state index contributed by atoms with van der Waals surface area (Å²) in [5.41, 5.74) is -0.0119. The second-order valence-electron chi connectivity index (χ2n) is 4.66. The highest BCUT2D eigenvalue weighted by Gasteiger charge is 2.19. The number of nitro groups is 1. The van der Waals surface area contributed by atoms with E-state index in [4.69, 9.17) is 11.6 Å². The first-order valence-electron chi connectivity index (χ1n) is 6.11. The Bertz CT molecular complexity index is 489. The number of hydrogen-bond acceptors (Lipinski definition) is 3. The third-order valence-electron chi connectivity index (χ3n) is 2.97. The second-order valence-corrected chi connectivity index (χ2v) is 5.06. The number of rotatable bonds is 5. The Balaban J connectivity index is 2.94. The van der Waals surface area contributed by atoms with Crippen LogP contribution in [0.4, 0.5) is 5.69 Å². The Morgan fingerprint density at radius 1 is 1.47 bits per heavy atom. The van der Waals surface area contributed by atoms with Crippen molar-refractivity contribution in [3.63, 3.8) is 0 Å². The van der Waals surface area contributed by atoms with Crippen molar-refractivity contribution in [2.45, 2.75) is 33.2 Å². The van der Waals surface area contributed by atoms with E-state index in [0.717, 1.165) is 6.42 Å². The Morgan fingerprint density at radius 2 is 2.11 bits per heavy atom. The van der Waals surface area contributed by atoms with Crippen molar-refractivity contribution >= 4 is 23.2 Å². The fourth-order valence-electron chi connectivity index (χ4n) is 1.79. The van der Waals surface area contributed by atoms with Crippen LogP contribution in [0.15, 0.2) is 18.2 Å². The first-order valence-corrected chi connectivity index (χ1v) is 6.49. The molecule has 0 bridgehead atoms. The Labute approximate surface area is 117 Å². The summed E-state index contributed by atoms with van der Waals surface area (Å²) < 4.78 is 0. The predicted molar refractivity (Wildman–Crippen MR) is 74.5 cm³/mol. The molecule has 0 saturated carbocycles. The number of amides is 1. The van der Waals surface area contributed by atoms with Crippen LogP contribution in [0.1, 0.15) is 37.6 Å². The SMILES string of the molecule is CCC(NC(=O)c1ccc(Cl)c([N+](=O)[O-])c1)C(C)C. The number of carbonyl (C=O) groups excluding carboxylic acids is 1. The molecule has 5 nitrogen and oxygen atoms in total. The fraction of sp³-hybridized carbons (Fsp3) is 0.462. The summed E-state index contributed by atoms with van der Waals surface area (Å²) in [6.45, 7) is 6.01. The molecular formula is C13H17ClN2O3. The van der Waals surface area contributed by atoms with E-state index in [-0.39, 0.29) is 28.2 Å². The minimum atomic E-state index is -0.598. The van der Waals surface area contributed by atoms with Gasteiger partial charge >= 0.3 is 0 Å². The maximum absolute atomic E-state index is 12.0. The molecule has 0 fully saturated rings. The minimum absolute atomic E-state index is 0.0254. The minimum Gasteiger partial charge on any atom is -0.349 e. The molecule has 1 atom stereocenters. The van der Waals surface area contributed by atoms with Gasteiger partial charge in [0.25, 0.3) is 11.6 Å². The maximum atomic E-state index is 12.0. The third-order valence-corrected chi connectivity index (χ3v) is 3.29. The van der Waals surface area contributed by atoms with Crippen LogP contribution in [0, 0.1) is 16.0 Å². The van der Waals surface area contributed by atoms with Crippen molar-refractivity contribution in [1.82, 2.24) is 5.32 Å². The molecule has 6 heteroatoms. The van der Waals surface area contributed by atoms with Crippen molar-refractivity contribution in [3.05, 3.63) is 38.9 Å². The number of halogens is 1. The molecule has 0 aliphatic heterocycles. The highest BCUT2D eigenvalue weighted by molar-refractivity contribution is 6.32. The van der Waals surface area contributed by atoms with Crippen LogP contribution in [-0.4, -0.2) is 16.9 Å². The number of hydrogen-bond donors (Lipinski definition) is 1. The first kappa shape index (κ1) is 15.4. The Kier molecular flexibility index (Phi) is 5.30. The zero-order valence-electron chi connectivity index (χ0n) is 11.1. The molecule has 0 spiro atoms. The molecule has 0 radical (unpaired) electrons. The molecule has 0 aliphatic rings. The topological polar surface area (TPSA) is 72.2 Å². The quantitative estimate of drug-likeness (QED) is 0.665. The summed E-state index contributed by atoms with van der Waals surface area (Å²) in [6, 6.07) is 4.09. The first-order chi connectivity index (χ1) is 8.86. The number of nitrogens with one attached hydrogen (secondary N) is 1. The predicted octanol–water partition coefficient (Wildman–Crippen LogP) is 3.41. The average Bonchev–Trinajstić information content (AvgIpc) is 2.35. The van der Waals surface area contributed by atoms with Gasteiger partial charge in [-0.05, 0) is 24.5 Å². The van der Waals surface area contributed by atoms with Gasteiger partial charge in [0.2, 0.25) is 0 Å². The Hall–Kier alpha value is -1.62. The van der Waals surface area contributed by atoms with Gasteiger partial charge in [-0.15, -0.1) is 0 Å². The molecule has 19 heavy (non-hydrogen) atoms. The fourth-order valence-corrected chi connectivity index (χ4v) is 1.97. The lowest BCUT2D eigenvalue weighted by atomic mass is 10.0. The molecule has 1 aromatic rings. The highest BCUT2D eigenvalue weighted by atomic mass is 35.5. The van der Waals surface area contributed by atoms with Crippen molar-refractivity contribution in [2.75, 3.05) is 0 Å². The lowest BCUT2D eigenvalue weighted by Crippen LogP contribution is -2.38. The van der Waals surface area contributed by atoms with Crippen LogP contribution in [0.5, 0.6) is 0 Å². The van der Waals surface area contributed by atoms with Crippen molar-refractivity contribution in [2.24, 2.45) is 5.92 Å². The van der Waals surface area contributed by atoms with E-state index in [1.54, 1.807) is 0 Å². The molecule has 1 amide bonds. The molecule has 1 N–H and O–H groups in total. The van der Waals surface area contributed by atoms with E-state index in [9.17, 15) is 14.9 Å². The largest absolute Gasteiger partial charge is 0.349 e.